The van der Waals surface area contributed by atoms with Gasteiger partial charge in [0.2, 0.25) is 5.95 Å². The Balaban J connectivity index is 2.17. The molecule has 20 heavy (non-hydrogen) atoms. The van der Waals surface area contributed by atoms with Gasteiger partial charge in [-0.25, -0.2) is 9.97 Å². The zero-order valence-electron chi connectivity index (χ0n) is 12.5. The highest BCUT2D eigenvalue weighted by Gasteiger charge is 2.13. The summed E-state index contributed by atoms with van der Waals surface area (Å²) in [6.07, 6.45) is 1.76. The van der Waals surface area contributed by atoms with Crippen LogP contribution in [0.15, 0.2) is 12.3 Å². The second-order valence-electron chi connectivity index (χ2n) is 4.56. The molecule has 6 nitrogen and oxygen atoms in total. The van der Waals surface area contributed by atoms with Crippen molar-refractivity contribution in [3.05, 3.63) is 23.7 Å². The molecule has 0 radical (unpaired) electrons. The second kappa shape index (κ2) is 6.47. The minimum absolute atomic E-state index is 0.616. The summed E-state index contributed by atoms with van der Waals surface area (Å²) in [5.74, 6) is 0.616. The van der Waals surface area contributed by atoms with E-state index in [0.717, 1.165) is 29.3 Å². The van der Waals surface area contributed by atoms with Crippen LogP contribution in [-0.2, 0) is 11.8 Å². The molecule has 0 bridgehead atoms. The second-order valence-corrected chi connectivity index (χ2v) is 4.56. The molecular formula is C14H21N5O. The van der Waals surface area contributed by atoms with E-state index in [-0.39, 0.29) is 0 Å². The molecule has 1 N–H and O–H groups in total. The fourth-order valence-electron chi connectivity index (χ4n) is 2.11. The summed E-state index contributed by atoms with van der Waals surface area (Å²) < 4.78 is 7.15. The molecule has 0 aliphatic carbocycles. The van der Waals surface area contributed by atoms with Gasteiger partial charge in [0.05, 0.1) is 18.0 Å². The van der Waals surface area contributed by atoms with Crippen LogP contribution in [0.1, 0.15) is 18.3 Å². The number of anilines is 1. The molecule has 0 amide bonds. The summed E-state index contributed by atoms with van der Waals surface area (Å²) in [6, 6.07) is 1.91. The van der Waals surface area contributed by atoms with Crippen molar-refractivity contribution >= 4 is 5.95 Å². The van der Waals surface area contributed by atoms with Gasteiger partial charge in [-0.1, -0.05) is 0 Å². The lowest BCUT2D eigenvalue weighted by Gasteiger charge is -2.07. The van der Waals surface area contributed by atoms with Crippen LogP contribution in [0.3, 0.4) is 0 Å². The number of ether oxygens (including phenoxy) is 1. The number of nitrogens with one attached hydrogen (secondary N) is 1. The highest BCUT2D eigenvalue weighted by molar-refractivity contribution is 5.65. The van der Waals surface area contributed by atoms with E-state index in [2.05, 4.69) is 20.4 Å². The average Bonchev–Trinajstić information content (AvgIpc) is 2.69. The van der Waals surface area contributed by atoms with Crippen LogP contribution in [0, 0.1) is 13.8 Å². The molecule has 0 spiro atoms. The smallest absolute Gasteiger partial charge is 0.223 e. The highest BCUT2D eigenvalue weighted by atomic mass is 16.5. The maximum absolute atomic E-state index is 5.28. The molecule has 0 aromatic carbocycles. The predicted molar refractivity (Wildman–Crippen MR) is 78.7 cm³/mol. The van der Waals surface area contributed by atoms with Gasteiger partial charge in [-0.3, -0.25) is 4.68 Å². The van der Waals surface area contributed by atoms with Gasteiger partial charge in [0.1, 0.15) is 0 Å². The van der Waals surface area contributed by atoms with Gasteiger partial charge in [-0.2, -0.15) is 5.10 Å². The molecule has 0 aliphatic rings. The Morgan fingerprint density at radius 3 is 2.80 bits per heavy atom. The lowest BCUT2D eigenvalue weighted by Crippen LogP contribution is -2.11. The largest absolute Gasteiger partial charge is 0.380 e. The van der Waals surface area contributed by atoms with Crippen LogP contribution >= 0.6 is 0 Å². The van der Waals surface area contributed by atoms with Crippen molar-refractivity contribution < 1.29 is 4.74 Å². The van der Waals surface area contributed by atoms with Crippen molar-refractivity contribution in [1.29, 1.82) is 0 Å². The Bertz CT molecular complexity index is 579. The van der Waals surface area contributed by atoms with Crippen molar-refractivity contribution in [2.75, 3.05) is 25.1 Å². The van der Waals surface area contributed by atoms with E-state index in [1.54, 1.807) is 6.20 Å². The average molecular weight is 275 g/mol. The van der Waals surface area contributed by atoms with Gasteiger partial charge >= 0.3 is 0 Å². The molecule has 0 atom stereocenters. The van der Waals surface area contributed by atoms with E-state index in [1.807, 2.05) is 38.6 Å². The number of hydrogen-bond donors (Lipinski definition) is 1. The zero-order valence-corrected chi connectivity index (χ0v) is 12.5. The molecule has 0 unspecified atom stereocenters. The molecule has 108 valence electrons. The number of aromatic nitrogens is 4. The predicted octanol–water partition coefficient (Wildman–Crippen LogP) is 1.94. The van der Waals surface area contributed by atoms with Gasteiger partial charge in [0, 0.05) is 37.7 Å². The highest BCUT2D eigenvalue weighted by Crippen LogP contribution is 2.24. The van der Waals surface area contributed by atoms with Crippen LogP contribution < -0.4 is 5.32 Å². The number of rotatable bonds is 6. The Labute approximate surface area is 119 Å². The van der Waals surface area contributed by atoms with Crippen LogP contribution in [0.5, 0.6) is 0 Å². The molecule has 6 heteroatoms. The van der Waals surface area contributed by atoms with Gasteiger partial charge < -0.3 is 10.1 Å². The van der Waals surface area contributed by atoms with Crippen molar-refractivity contribution in [2.24, 2.45) is 7.05 Å². The Kier molecular flexibility index (Phi) is 4.68. The fraction of sp³-hybridized carbons (Fsp3) is 0.500. The zero-order chi connectivity index (χ0) is 14.5. The van der Waals surface area contributed by atoms with E-state index < -0.39 is 0 Å². The summed E-state index contributed by atoms with van der Waals surface area (Å²) in [7, 11) is 1.94. The first kappa shape index (κ1) is 14.5. The summed E-state index contributed by atoms with van der Waals surface area (Å²) in [5, 5.41) is 7.58. The van der Waals surface area contributed by atoms with Crippen molar-refractivity contribution in [1.82, 2.24) is 19.7 Å². The van der Waals surface area contributed by atoms with Gasteiger partial charge in [0.15, 0.2) is 0 Å². The summed E-state index contributed by atoms with van der Waals surface area (Å²) in [4.78, 5) is 8.77. The summed E-state index contributed by atoms with van der Waals surface area (Å²) in [6.45, 7) is 8.07. The molecule has 0 aliphatic heterocycles. The molecule has 0 saturated heterocycles. The Morgan fingerprint density at radius 1 is 1.35 bits per heavy atom. The third kappa shape index (κ3) is 3.14. The molecule has 0 saturated carbocycles. The first-order valence-electron chi connectivity index (χ1n) is 6.78. The van der Waals surface area contributed by atoms with Crippen molar-refractivity contribution in [3.63, 3.8) is 0 Å². The molecular weight excluding hydrogens is 254 g/mol. The number of hydrogen-bond acceptors (Lipinski definition) is 5. The van der Waals surface area contributed by atoms with Crippen molar-refractivity contribution in [2.45, 2.75) is 20.8 Å². The first-order valence-corrected chi connectivity index (χ1v) is 6.78. The molecule has 2 aromatic rings. The van der Waals surface area contributed by atoms with Crippen LogP contribution in [0.2, 0.25) is 0 Å². The molecule has 2 heterocycles. The quantitative estimate of drug-likeness (QED) is 0.816. The van der Waals surface area contributed by atoms with Crippen LogP contribution in [-0.4, -0.2) is 39.5 Å². The number of nitrogens with zero attached hydrogens (tertiary/aromatic N) is 4. The Morgan fingerprint density at radius 2 is 2.15 bits per heavy atom. The summed E-state index contributed by atoms with van der Waals surface area (Å²) >= 11 is 0. The fourth-order valence-corrected chi connectivity index (χ4v) is 2.11. The van der Waals surface area contributed by atoms with Gasteiger partial charge in [-0.15, -0.1) is 0 Å². The van der Waals surface area contributed by atoms with E-state index in [4.69, 9.17) is 4.74 Å². The monoisotopic (exact) mass is 275 g/mol. The maximum atomic E-state index is 5.28. The topological polar surface area (TPSA) is 64.9 Å². The lowest BCUT2D eigenvalue weighted by molar-refractivity contribution is 0.158. The molecule has 2 rings (SSSR count). The third-order valence-electron chi connectivity index (χ3n) is 3.15. The third-order valence-corrected chi connectivity index (χ3v) is 3.15. The van der Waals surface area contributed by atoms with Crippen LogP contribution in [0.25, 0.3) is 11.3 Å². The SMILES string of the molecule is CCOCCNc1nccc(-c2c(C)nn(C)c2C)n1. The standard InChI is InChI=1S/C14H21N5O/c1-5-20-9-8-16-14-15-7-6-12(17-14)13-10(2)18-19(4)11(13)3/h6-7H,5,8-9H2,1-4H3,(H,15,16,17). The van der Waals surface area contributed by atoms with E-state index >= 15 is 0 Å². The Hall–Kier alpha value is -1.95. The lowest BCUT2D eigenvalue weighted by atomic mass is 10.1. The molecule has 2 aromatic heterocycles. The summed E-state index contributed by atoms with van der Waals surface area (Å²) in [5.41, 5.74) is 4.04. The van der Waals surface area contributed by atoms with E-state index in [1.165, 1.54) is 0 Å². The minimum Gasteiger partial charge on any atom is -0.380 e. The molecule has 0 fully saturated rings. The normalized spacial score (nSPS) is 10.8. The van der Waals surface area contributed by atoms with E-state index in [0.29, 0.717) is 19.1 Å². The van der Waals surface area contributed by atoms with Gasteiger partial charge in [0.25, 0.3) is 0 Å². The van der Waals surface area contributed by atoms with E-state index in [9.17, 15) is 0 Å². The first-order chi connectivity index (χ1) is 9.63. The minimum atomic E-state index is 0.616. The van der Waals surface area contributed by atoms with Crippen LogP contribution in [0.4, 0.5) is 5.95 Å². The maximum Gasteiger partial charge on any atom is 0.223 e. The van der Waals surface area contributed by atoms with Crippen molar-refractivity contribution in [3.8, 4) is 11.3 Å². The number of aryl methyl sites for hydroxylation is 2. The van der Waals surface area contributed by atoms with Gasteiger partial charge in [-0.05, 0) is 26.8 Å².